The average Bonchev–Trinajstić information content (AvgIpc) is 2.85. The van der Waals surface area contributed by atoms with Crippen LogP contribution in [0.1, 0.15) is 15.2 Å². The molecule has 1 aromatic heterocycles. The zero-order valence-corrected chi connectivity index (χ0v) is 10.8. The Morgan fingerprint density at radius 1 is 1.45 bits per heavy atom. The Bertz CT molecular complexity index is 671. The number of nitro benzene ring substituents is 1. The Hall–Kier alpha value is -2.48. The molecule has 0 aliphatic carbocycles. The third-order valence-corrected chi connectivity index (χ3v) is 3.45. The van der Waals surface area contributed by atoms with Crippen molar-refractivity contribution in [2.75, 3.05) is 5.32 Å². The molecule has 6 nitrogen and oxygen atoms in total. The highest BCUT2D eigenvalue weighted by Gasteiger charge is 2.14. The van der Waals surface area contributed by atoms with E-state index in [9.17, 15) is 19.3 Å². The van der Waals surface area contributed by atoms with Crippen molar-refractivity contribution in [3.8, 4) is 0 Å². The molecule has 0 fully saturated rings. The second kappa shape index (κ2) is 5.66. The third kappa shape index (κ3) is 3.09. The van der Waals surface area contributed by atoms with Gasteiger partial charge in [0.25, 0.3) is 5.69 Å². The van der Waals surface area contributed by atoms with E-state index in [4.69, 9.17) is 5.11 Å². The number of nitro groups is 1. The number of thiophene rings is 1. The molecular formula is C12H9FN2O4S. The van der Waals surface area contributed by atoms with Crippen LogP contribution in [0.5, 0.6) is 0 Å². The molecule has 2 aromatic rings. The first-order chi connectivity index (χ1) is 9.47. The average molecular weight is 296 g/mol. The van der Waals surface area contributed by atoms with E-state index < -0.39 is 16.7 Å². The van der Waals surface area contributed by atoms with Gasteiger partial charge in [0, 0.05) is 28.9 Å². The van der Waals surface area contributed by atoms with Crippen molar-refractivity contribution in [3.63, 3.8) is 0 Å². The highest BCUT2D eigenvalue weighted by Crippen LogP contribution is 2.26. The van der Waals surface area contributed by atoms with Crippen LogP contribution in [0.3, 0.4) is 0 Å². The zero-order valence-electron chi connectivity index (χ0n) is 10.00. The van der Waals surface area contributed by atoms with E-state index in [0.717, 1.165) is 18.2 Å². The Kier molecular flexibility index (Phi) is 3.94. The van der Waals surface area contributed by atoms with Gasteiger partial charge in [0.1, 0.15) is 11.5 Å². The Balaban J connectivity index is 2.15. The quantitative estimate of drug-likeness (QED) is 0.653. The minimum absolute atomic E-state index is 0.0558. The number of carboxylic acids is 1. The normalized spacial score (nSPS) is 10.2. The summed E-state index contributed by atoms with van der Waals surface area (Å²) in [6, 6.07) is 4.58. The first kappa shape index (κ1) is 13.9. The van der Waals surface area contributed by atoms with Crippen molar-refractivity contribution in [1.29, 1.82) is 0 Å². The molecule has 0 amide bonds. The van der Waals surface area contributed by atoms with Gasteiger partial charge in [-0.15, -0.1) is 11.3 Å². The monoisotopic (exact) mass is 296 g/mol. The van der Waals surface area contributed by atoms with Gasteiger partial charge >= 0.3 is 5.97 Å². The second-order valence-corrected chi connectivity index (χ2v) is 4.87. The van der Waals surface area contributed by atoms with Crippen molar-refractivity contribution in [2.24, 2.45) is 0 Å². The molecule has 0 radical (unpaired) electrons. The number of aromatic carboxylic acids is 1. The zero-order chi connectivity index (χ0) is 14.7. The molecule has 1 heterocycles. The summed E-state index contributed by atoms with van der Waals surface area (Å²) in [6.07, 6.45) is 0. The molecule has 0 saturated heterocycles. The largest absolute Gasteiger partial charge is 0.478 e. The van der Waals surface area contributed by atoms with Crippen LogP contribution < -0.4 is 5.32 Å². The highest BCUT2D eigenvalue weighted by molar-refractivity contribution is 7.10. The predicted molar refractivity (Wildman–Crippen MR) is 71.7 cm³/mol. The molecule has 0 atom stereocenters. The van der Waals surface area contributed by atoms with Crippen molar-refractivity contribution >= 4 is 28.7 Å². The summed E-state index contributed by atoms with van der Waals surface area (Å²) in [4.78, 5) is 21.6. The minimum atomic E-state index is -1.04. The lowest BCUT2D eigenvalue weighted by atomic mass is 10.2. The maximum Gasteiger partial charge on any atom is 0.336 e. The molecule has 0 bridgehead atoms. The molecule has 2 N–H and O–H groups in total. The standard InChI is InChI=1S/C12H9FN2O4S/c13-8-1-2-11(15(18)19)10(4-8)14-5-9-3-7(6-20-9)12(16)17/h1-4,6,14H,5H2,(H,16,17). The fourth-order valence-corrected chi connectivity index (χ4v) is 2.37. The number of anilines is 1. The molecule has 0 spiro atoms. The summed E-state index contributed by atoms with van der Waals surface area (Å²) in [7, 11) is 0. The van der Waals surface area contributed by atoms with Crippen LogP contribution in [0.4, 0.5) is 15.8 Å². The summed E-state index contributed by atoms with van der Waals surface area (Å²) in [5.74, 6) is -1.63. The SMILES string of the molecule is O=C(O)c1csc(CNc2cc(F)ccc2[N+](=O)[O-])c1. The van der Waals surface area contributed by atoms with Gasteiger partial charge in [-0.3, -0.25) is 10.1 Å². The number of hydrogen-bond donors (Lipinski definition) is 2. The topological polar surface area (TPSA) is 92.5 Å². The van der Waals surface area contributed by atoms with Gasteiger partial charge in [-0.1, -0.05) is 0 Å². The Morgan fingerprint density at radius 3 is 2.80 bits per heavy atom. The van der Waals surface area contributed by atoms with Gasteiger partial charge < -0.3 is 10.4 Å². The van der Waals surface area contributed by atoms with Gasteiger partial charge in [0.05, 0.1) is 10.5 Å². The summed E-state index contributed by atoms with van der Waals surface area (Å²) in [5, 5.41) is 23.8. The van der Waals surface area contributed by atoms with Crippen LogP contribution >= 0.6 is 11.3 Å². The van der Waals surface area contributed by atoms with Crippen LogP contribution in [0, 0.1) is 15.9 Å². The van der Waals surface area contributed by atoms with Crippen LogP contribution in [0.2, 0.25) is 0 Å². The summed E-state index contributed by atoms with van der Waals surface area (Å²) < 4.78 is 13.1. The van der Waals surface area contributed by atoms with E-state index >= 15 is 0 Å². The Morgan fingerprint density at radius 2 is 2.20 bits per heavy atom. The van der Waals surface area contributed by atoms with Gasteiger partial charge in [-0.25, -0.2) is 9.18 Å². The first-order valence-electron chi connectivity index (χ1n) is 5.46. The van der Waals surface area contributed by atoms with Gasteiger partial charge in [0.2, 0.25) is 0 Å². The molecule has 0 aliphatic heterocycles. The van der Waals surface area contributed by atoms with E-state index in [1.54, 1.807) is 0 Å². The number of nitrogens with zero attached hydrogens (tertiary/aromatic N) is 1. The maximum atomic E-state index is 13.1. The molecular weight excluding hydrogens is 287 g/mol. The number of carbonyl (C=O) groups is 1. The highest BCUT2D eigenvalue weighted by atomic mass is 32.1. The van der Waals surface area contributed by atoms with Crippen molar-refractivity contribution < 1.29 is 19.2 Å². The second-order valence-electron chi connectivity index (χ2n) is 3.88. The summed E-state index contributed by atoms with van der Waals surface area (Å²) >= 11 is 1.21. The lowest BCUT2D eigenvalue weighted by Gasteiger charge is -2.05. The number of nitrogens with one attached hydrogen (secondary N) is 1. The number of rotatable bonds is 5. The van der Waals surface area contributed by atoms with E-state index in [1.165, 1.54) is 22.8 Å². The van der Waals surface area contributed by atoms with Crippen LogP contribution in [-0.4, -0.2) is 16.0 Å². The van der Waals surface area contributed by atoms with Gasteiger partial charge in [0.15, 0.2) is 0 Å². The van der Waals surface area contributed by atoms with E-state index in [-0.39, 0.29) is 23.5 Å². The molecule has 0 aliphatic rings. The van der Waals surface area contributed by atoms with E-state index in [1.807, 2.05) is 0 Å². The van der Waals surface area contributed by atoms with Crippen molar-refractivity contribution in [3.05, 3.63) is 56.0 Å². The summed E-state index contributed by atoms with van der Waals surface area (Å²) in [5.41, 5.74) is -0.0257. The lowest BCUT2D eigenvalue weighted by molar-refractivity contribution is -0.384. The fourth-order valence-electron chi connectivity index (χ4n) is 1.58. The van der Waals surface area contributed by atoms with Crippen LogP contribution in [0.25, 0.3) is 0 Å². The molecule has 0 unspecified atom stereocenters. The smallest absolute Gasteiger partial charge is 0.336 e. The Labute approximate surface area is 116 Å². The predicted octanol–water partition coefficient (Wildman–Crippen LogP) is 3.11. The fraction of sp³-hybridized carbons (Fsp3) is 0.0833. The third-order valence-electron chi connectivity index (χ3n) is 2.51. The molecule has 20 heavy (non-hydrogen) atoms. The van der Waals surface area contributed by atoms with E-state index in [2.05, 4.69) is 5.32 Å². The molecule has 8 heteroatoms. The molecule has 1 aromatic carbocycles. The van der Waals surface area contributed by atoms with E-state index in [0.29, 0.717) is 4.88 Å². The molecule has 2 rings (SSSR count). The minimum Gasteiger partial charge on any atom is -0.478 e. The van der Waals surface area contributed by atoms with Gasteiger partial charge in [-0.05, 0) is 12.1 Å². The number of benzene rings is 1. The maximum absolute atomic E-state index is 13.1. The van der Waals surface area contributed by atoms with Crippen LogP contribution in [0.15, 0.2) is 29.6 Å². The number of halogens is 1. The molecule has 0 saturated carbocycles. The molecule has 104 valence electrons. The first-order valence-corrected chi connectivity index (χ1v) is 6.34. The summed E-state index contributed by atoms with van der Waals surface area (Å²) in [6.45, 7) is 0.183. The van der Waals surface area contributed by atoms with Crippen LogP contribution in [-0.2, 0) is 6.54 Å². The number of carboxylic acid groups (broad SMARTS) is 1. The van der Waals surface area contributed by atoms with Crippen molar-refractivity contribution in [2.45, 2.75) is 6.54 Å². The number of hydrogen-bond acceptors (Lipinski definition) is 5. The van der Waals surface area contributed by atoms with Gasteiger partial charge in [-0.2, -0.15) is 0 Å². The van der Waals surface area contributed by atoms with Crippen molar-refractivity contribution in [1.82, 2.24) is 0 Å². The lowest BCUT2D eigenvalue weighted by Crippen LogP contribution is -2.02.